The Kier molecular flexibility index (Phi) is 5.55. The fourth-order valence-corrected chi connectivity index (χ4v) is 1.90. The molecule has 0 spiro atoms. The molecule has 0 saturated carbocycles. The fraction of sp³-hybridized carbons (Fsp3) is 0.467. The molecule has 0 aliphatic rings. The Morgan fingerprint density at radius 3 is 3.00 bits per heavy atom. The Balaban J connectivity index is 1.95. The van der Waals surface area contributed by atoms with Crippen molar-refractivity contribution in [2.45, 2.75) is 39.8 Å². The molecule has 0 radical (unpaired) electrons. The number of hydrogen-bond acceptors (Lipinski definition) is 4. The number of nitrogens with one attached hydrogen (secondary N) is 1. The van der Waals surface area contributed by atoms with Gasteiger partial charge in [0.05, 0.1) is 12.4 Å². The summed E-state index contributed by atoms with van der Waals surface area (Å²) < 4.78 is 7.61. The second-order valence-electron chi connectivity index (χ2n) is 4.72. The fourth-order valence-electron chi connectivity index (χ4n) is 1.90. The Morgan fingerprint density at radius 1 is 1.30 bits per heavy atom. The second-order valence-corrected chi connectivity index (χ2v) is 4.72. The minimum Gasteiger partial charge on any atom is -0.436 e. The zero-order valence-electron chi connectivity index (χ0n) is 12.2. The molecule has 0 aliphatic carbocycles. The molecule has 0 bridgehead atoms. The highest BCUT2D eigenvalue weighted by Crippen LogP contribution is 2.19. The molecule has 2 aromatic rings. The van der Waals surface area contributed by atoms with Crippen LogP contribution in [0.25, 0.3) is 0 Å². The van der Waals surface area contributed by atoms with Gasteiger partial charge in [-0.15, -0.1) is 0 Å². The second kappa shape index (κ2) is 7.65. The summed E-state index contributed by atoms with van der Waals surface area (Å²) >= 11 is 0. The van der Waals surface area contributed by atoms with Crippen molar-refractivity contribution in [1.82, 2.24) is 20.1 Å². The first-order chi connectivity index (χ1) is 9.81. The molecule has 0 unspecified atom stereocenters. The smallest absolute Gasteiger partial charge is 0.219 e. The van der Waals surface area contributed by atoms with Gasteiger partial charge in [-0.3, -0.25) is 4.68 Å². The van der Waals surface area contributed by atoms with Crippen molar-refractivity contribution in [2.24, 2.45) is 0 Å². The third-order valence-electron chi connectivity index (χ3n) is 2.84. The van der Waals surface area contributed by atoms with E-state index in [4.69, 9.17) is 4.74 Å². The average Bonchev–Trinajstić information content (AvgIpc) is 2.87. The lowest BCUT2D eigenvalue weighted by Gasteiger charge is -2.06. The van der Waals surface area contributed by atoms with Crippen LogP contribution in [0.5, 0.6) is 11.6 Å². The van der Waals surface area contributed by atoms with Crippen molar-refractivity contribution in [2.75, 3.05) is 6.54 Å². The summed E-state index contributed by atoms with van der Waals surface area (Å²) in [5.74, 6) is 1.33. The van der Waals surface area contributed by atoms with E-state index in [0.29, 0.717) is 5.88 Å². The Bertz CT molecular complexity index is 524. The summed E-state index contributed by atoms with van der Waals surface area (Å²) in [5, 5.41) is 7.60. The topological polar surface area (TPSA) is 52.0 Å². The Morgan fingerprint density at radius 2 is 2.20 bits per heavy atom. The predicted octanol–water partition coefficient (Wildman–Crippen LogP) is 2.98. The van der Waals surface area contributed by atoms with Crippen LogP contribution in [-0.4, -0.2) is 21.3 Å². The molecule has 0 atom stereocenters. The highest BCUT2D eigenvalue weighted by Gasteiger charge is 2.03. The molecule has 0 fully saturated rings. The van der Waals surface area contributed by atoms with Crippen molar-refractivity contribution in [3.05, 3.63) is 36.3 Å². The van der Waals surface area contributed by atoms with Crippen LogP contribution in [0, 0.1) is 0 Å². The summed E-state index contributed by atoms with van der Waals surface area (Å²) in [7, 11) is 0. The molecular formula is C15H22N4O. The summed E-state index contributed by atoms with van der Waals surface area (Å²) in [6.45, 7) is 7.03. The minimum atomic E-state index is 0.608. The SMILES string of the molecule is CCCNCc1ccnc(Oc2cnn(CCC)c2)c1. The lowest BCUT2D eigenvalue weighted by Crippen LogP contribution is -2.13. The van der Waals surface area contributed by atoms with Gasteiger partial charge >= 0.3 is 0 Å². The van der Waals surface area contributed by atoms with Crippen molar-refractivity contribution < 1.29 is 4.74 Å². The number of rotatable bonds is 8. The minimum absolute atomic E-state index is 0.608. The number of hydrogen-bond donors (Lipinski definition) is 1. The third-order valence-corrected chi connectivity index (χ3v) is 2.84. The molecule has 0 saturated heterocycles. The molecule has 2 heterocycles. The standard InChI is InChI=1S/C15H22N4O/c1-3-6-16-10-13-5-7-17-15(9-13)20-14-11-18-19(12-14)8-4-2/h5,7,9,11-12,16H,3-4,6,8,10H2,1-2H3. The van der Waals surface area contributed by atoms with E-state index in [1.54, 1.807) is 12.4 Å². The summed E-state index contributed by atoms with van der Waals surface area (Å²) in [4.78, 5) is 4.23. The molecule has 2 rings (SSSR count). The van der Waals surface area contributed by atoms with E-state index in [0.717, 1.165) is 38.2 Å². The molecule has 5 heteroatoms. The predicted molar refractivity (Wildman–Crippen MR) is 78.8 cm³/mol. The molecule has 5 nitrogen and oxygen atoms in total. The first-order valence-corrected chi connectivity index (χ1v) is 7.17. The quantitative estimate of drug-likeness (QED) is 0.752. The average molecular weight is 274 g/mol. The van der Waals surface area contributed by atoms with Gasteiger partial charge in [-0.1, -0.05) is 13.8 Å². The van der Waals surface area contributed by atoms with Crippen molar-refractivity contribution in [3.8, 4) is 11.6 Å². The van der Waals surface area contributed by atoms with E-state index in [9.17, 15) is 0 Å². The lowest BCUT2D eigenvalue weighted by atomic mass is 10.2. The molecule has 2 aromatic heterocycles. The number of nitrogens with zero attached hydrogens (tertiary/aromatic N) is 3. The van der Waals surface area contributed by atoms with Crippen molar-refractivity contribution >= 4 is 0 Å². The van der Waals surface area contributed by atoms with Crippen LogP contribution in [-0.2, 0) is 13.1 Å². The van der Waals surface area contributed by atoms with E-state index >= 15 is 0 Å². The van der Waals surface area contributed by atoms with Gasteiger partial charge < -0.3 is 10.1 Å². The van der Waals surface area contributed by atoms with Gasteiger partial charge in [-0.05, 0) is 31.0 Å². The van der Waals surface area contributed by atoms with E-state index in [1.807, 2.05) is 23.0 Å². The normalized spacial score (nSPS) is 10.7. The van der Waals surface area contributed by atoms with E-state index < -0.39 is 0 Å². The number of ether oxygens (including phenoxy) is 1. The van der Waals surface area contributed by atoms with Crippen molar-refractivity contribution in [1.29, 1.82) is 0 Å². The highest BCUT2D eigenvalue weighted by molar-refractivity contribution is 5.25. The molecule has 0 aliphatic heterocycles. The van der Waals surface area contributed by atoms with Crippen LogP contribution in [0.3, 0.4) is 0 Å². The largest absolute Gasteiger partial charge is 0.436 e. The van der Waals surface area contributed by atoms with Crippen LogP contribution in [0.4, 0.5) is 0 Å². The van der Waals surface area contributed by atoms with Crippen LogP contribution in [0.15, 0.2) is 30.7 Å². The summed E-state index contributed by atoms with van der Waals surface area (Å²) in [6.07, 6.45) is 7.57. The van der Waals surface area contributed by atoms with Gasteiger partial charge in [0.2, 0.25) is 5.88 Å². The van der Waals surface area contributed by atoms with Gasteiger partial charge in [-0.25, -0.2) is 4.98 Å². The molecular weight excluding hydrogens is 252 g/mol. The van der Waals surface area contributed by atoms with Gasteiger partial charge in [0.25, 0.3) is 0 Å². The van der Waals surface area contributed by atoms with Crippen molar-refractivity contribution in [3.63, 3.8) is 0 Å². The first kappa shape index (κ1) is 14.5. The molecule has 20 heavy (non-hydrogen) atoms. The maximum absolute atomic E-state index is 5.73. The molecule has 1 N–H and O–H groups in total. The number of aromatic nitrogens is 3. The maximum atomic E-state index is 5.73. The third kappa shape index (κ3) is 4.35. The Hall–Kier alpha value is -1.88. The van der Waals surface area contributed by atoms with Crippen LogP contribution >= 0.6 is 0 Å². The van der Waals surface area contributed by atoms with E-state index in [1.165, 1.54) is 5.56 Å². The number of aryl methyl sites for hydroxylation is 1. The van der Waals surface area contributed by atoms with Gasteiger partial charge in [0.1, 0.15) is 0 Å². The molecule has 108 valence electrons. The van der Waals surface area contributed by atoms with Gasteiger partial charge in [0, 0.05) is 25.4 Å². The summed E-state index contributed by atoms with van der Waals surface area (Å²) in [5.41, 5.74) is 1.17. The Labute approximate surface area is 120 Å². The van der Waals surface area contributed by atoms with Crippen LogP contribution in [0.1, 0.15) is 32.3 Å². The summed E-state index contributed by atoms with van der Waals surface area (Å²) in [6, 6.07) is 3.95. The lowest BCUT2D eigenvalue weighted by molar-refractivity contribution is 0.460. The van der Waals surface area contributed by atoms with E-state index in [2.05, 4.69) is 29.2 Å². The van der Waals surface area contributed by atoms with Gasteiger partial charge in [-0.2, -0.15) is 5.10 Å². The first-order valence-electron chi connectivity index (χ1n) is 7.17. The zero-order valence-corrected chi connectivity index (χ0v) is 12.2. The van der Waals surface area contributed by atoms with E-state index in [-0.39, 0.29) is 0 Å². The molecule has 0 aromatic carbocycles. The van der Waals surface area contributed by atoms with Crippen LogP contribution < -0.4 is 10.1 Å². The van der Waals surface area contributed by atoms with Gasteiger partial charge in [0.15, 0.2) is 5.75 Å². The number of pyridine rings is 1. The zero-order chi connectivity index (χ0) is 14.2. The highest BCUT2D eigenvalue weighted by atomic mass is 16.5. The molecule has 0 amide bonds. The van der Waals surface area contributed by atoms with Crippen LogP contribution in [0.2, 0.25) is 0 Å². The maximum Gasteiger partial charge on any atom is 0.219 e. The monoisotopic (exact) mass is 274 g/mol.